The van der Waals surface area contributed by atoms with E-state index in [0.717, 1.165) is 12.8 Å². The van der Waals surface area contributed by atoms with Crippen molar-refractivity contribution in [3.8, 4) is 0 Å². The summed E-state index contributed by atoms with van der Waals surface area (Å²) in [5, 5.41) is 8.33. The molecule has 0 aliphatic heterocycles. The molecule has 0 radical (unpaired) electrons. The molecule has 0 spiro atoms. The summed E-state index contributed by atoms with van der Waals surface area (Å²) in [6, 6.07) is 6.37. The van der Waals surface area contributed by atoms with Gasteiger partial charge in [-0.25, -0.2) is 0 Å². The molecule has 0 bridgehead atoms. The van der Waals surface area contributed by atoms with Gasteiger partial charge in [-0.15, -0.1) is 0 Å². The van der Waals surface area contributed by atoms with Crippen LogP contribution in [0.25, 0.3) is 0 Å². The highest BCUT2D eigenvalue weighted by molar-refractivity contribution is 5.98. The van der Waals surface area contributed by atoms with Crippen LogP contribution in [0.1, 0.15) is 50.9 Å². The van der Waals surface area contributed by atoms with Crippen molar-refractivity contribution >= 4 is 23.4 Å². The van der Waals surface area contributed by atoms with Crippen molar-refractivity contribution in [2.75, 3.05) is 5.32 Å². The van der Waals surface area contributed by atoms with Crippen molar-refractivity contribution in [2.24, 2.45) is 5.41 Å². The smallest absolute Gasteiger partial charge is 0.251 e. The molecule has 1 saturated carbocycles. The van der Waals surface area contributed by atoms with Crippen molar-refractivity contribution in [3.63, 3.8) is 0 Å². The van der Waals surface area contributed by atoms with Crippen LogP contribution in [0.3, 0.4) is 0 Å². The number of hydrogen-bond donors (Lipinski definition) is 3. The molecule has 1 aromatic carbocycles. The predicted molar refractivity (Wildman–Crippen MR) is 92.6 cm³/mol. The van der Waals surface area contributed by atoms with Crippen LogP contribution < -0.4 is 16.0 Å². The molecule has 3 amide bonds. The Hall–Kier alpha value is -2.37. The molecule has 0 aromatic heterocycles. The van der Waals surface area contributed by atoms with Crippen LogP contribution in [-0.4, -0.2) is 29.8 Å². The monoisotopic (exact) mass is 331 g/mol. The van der Waals surface area contributed by atoms with Gasteiger partial charge >= 0.3 is 0 Å². The molecule has 2 rings (SSSR count). The number of carbonyl (C=O) groups excluding carboxylic acids is 3. The molecule has 1 aliphatic carbocycles. The molecule has 6 nitrogen and oxygen atoms in total. The maximum Gasteiger partial charge on any atom is 0.251 e. The maximum absolute atomic E-state index is 12.1. The summed E-state index contributed by atoms with van der Waals surface area (Å²) in [6.07, 6.45) is 2.08. The number of amides is 3. The fourth-order valence-corrected chi connectivity index (χ4v) is 1.93. The van der Waals surface area contributed by atoms with Gasteiger partial charge in [0.25, 0.3) is 5.91 Å². The Labute approximate surface area is 142 Å². The lowest BCUT2D eigenvalue weighted by Gasteiger charge is -2.21. The van der Waals surface area contributed by atoms with Gasteiger partial charge in [0.1, 0.15) is 6.04 Å². The molecule has 0 saturated heterocycles. The second-order valence-electron chi connectivity index (χ2n) is 7.26. The summed E-state index contributed by atoms with van der Waals surface area (Å²) in [7, 11) is 0. The van der Waals surface area contributed by atoms with Crippen molar-refractivity contribution in [2.45, 2.75) is 52.6 Å². The quantitative estimate of drug-likeness (QED) is 0.772. The SMILES string of the molecule is CC(NC(=O)C(C)(C)C)C(=O)Nc1ccc(C(=O)NC2CC2)cc1. The molecule has 0 heterocycles. The number of anilines is 1. The van der Waals surface area contributed by atoms with Crippen molar-refractivity contribution in [1.29, 1.82) is 0 Å². The van der Waals surface area contributed by atoms with E-state index in [4.69, 9.17) is 0 Å². The van der Waals surface area contributed by atoms with Crippen LogP contribution in [-0.2, 0) is 9.59 Å². The van der Waals surface area contributed by atoms with Gasteiger partial charge in [-0.3, -0.25) is 14.4 Å². The minimum Gasteiger partial charge on any atom is -0.349 e. The lowest BCUT2D eigenvalue weighted by atomic mass is 9.95. The summed E-state index contributed by atoms with van der Waals surface area (Å²) in [4.78, 5) is 36.0. The molecular weight excluding hydrogens is 306 g/mol. The molecule has 1 fully saturated rings. The van der Waals surface area contributed by atoms with Gasteiger partial charge in [0, 0.05) is 22.7 Å². The van der Waals surface area contributed by atoms with Gasteiger partial charge in [0.05, 0.1) is 0 Å². The first-order chi connectivity index (χ1) is 11.2. The van der Waals surface area contributed by atoms with Gasteiger partial charge in [0.2, 0.25) is 11.8 Å². The molecule has 1 atom stereocenters. The minimum absolute atomic E-state index is 0.0961. The summed E-state index contributed by atoms with van der Waals surface area (Å²) in [5.74, 6) is -0.582. The van der Waals surface area contributed by atoms with Crippen LogP contribution in [0.4, 0.5) is 5.69 Å². The molecule has 1 unspecified atom stereocenters. The standard InChI is InChI=1S/C18H25N3O3/c1-11(19-17(24)18(2,3)4)15(22)20-13-7-5-12(6-8-13)16(23)21-14-9-10-14/h5-8,11,14H,9-10H2,1-4H3,(H,19,24)(H,20,22)(H,21,23). The Morgan fingerprint density at radius 2 is 1.67 bits per heavy atom. The van der Waals surface area contributed by atoms with Gasteiger partial charge < -0.3 is 16.0 Å². The zero-order valence-electron chi connectivity index (χ0n) is 14.6. The average Bonchev–Trinajstić information content (AvgIpc) is 3.30. The number of hydrogen-bond acceptors (Lipinski definition) is 3. The highest BCUT2D eigenvalue weighted by atomic mass is 16.2. The molecule has 3 N–H and O–H groups in total. The zero-order chi connectivity index (χ0) is 17.9. The fourth-order valence-electron chi connectivity index (χ4n) is 1.93. The Balaban J connectivity index is 1.89. The van der Waals surface area contributed by atoms with Gasteiger partial charge in [-0.2, -0.15) is 0 Å². The molecule has 6 heteroatoms. The minimum atomic E-state index is -0.644. The molecule has 24 heavy (non-hydrogen) atoms. The first-order valence-corrected chi connectivity index (χ1v) is 8.19. The summed E-state index contributed by atoms with van der Waals surface area (Å²) < 4.78 is 0. The third-order valence-electron chi connectivity index (χ3n) is 3.75. The number of carbonyl (C=O) groups is 3. The number of benzene rings is 1. The normalized spacial score (nSPS) is 15.3. The van der Waals surface area contributed by atoms with Crippen molar-refractivity contribution in [1.82, 2.24) is 10.6 Å². The number of nitrogens with one attached hydrogen (secondary N) is 3. The lowest BCUT2D eigenvalue weighted by molar-refractivity contribution is -0.131. The maximum atomic E-state index is 12.1. The van der Waals surface area contributed by atoms with E-state index in [1.54, 1.807) is 52.0 Å². The Bertz CT molecular complexity index is 628. The van der Waals surface area contributed by atoms with E-state index in [-0.39, 0.29) is 17.7 Å². The van der Waals surface area contributed by atoms with E-state index in [2.05, 4.69) is 16.0 Å². The van der Waals surface area contributed by atoms with E-state index in [1.807, 2.05) is 0 Å². The second-order valence-corrected chi connectivity index (χ2v) is 7.26. The van der Waals surface area contributed by atoms with Crippen LogP contribution >= 0.6 is 0 Å². The summed E-state index contributed by atoms with van der Waals surface area (Å²) >= 11 is 0. The first-order valence-electron chi connectivity index (χ1n) is 8.19. The zero-order valence-corrected chi connectivity index (χ0v) is 14.6. The Kier molecular flexibility index (Phi) is 5.26. The third-order valence-corrected chi connectivity index (χ3v) is 3.75. The van der Waals surface area contributed by atoms with E-state index >= 15 is 0 Å². The van der Waals surface area contributed by atoms with Crippen molar-refractivity contribution in [3.05, 3.63) is 29.8 Å². The topological polar surface area (TPSA) is 87.3 Å². The van der Waals surface area contributed by atoms with Crippen LogP contribution in [0, 0.1) is 5.41 Å². The van der Waals surface area contributed by atoms with Gasteiger partial charge in [-0.05, 0) is 44.0 Å². The molecular formula is C18H25N3O3. The average molecular weight is 331 g/mol. The lowest BCUT2D eigenvalue weighted by Crippen LogP contribution is -2.46. The van der Waals surface area contributed by atoms with Crippen LogP contribution in [0.2, 0.25) is 0 Å². The highest BCUT2D eigenvalue weighted by Gasteiger charge is 2.25. The molecule has 1 aliphatic rings. The Morgan fingerprint density at radius 1 is 1.08 bits per heavy atom. The van der Waals surface area contributed by atoms with E-state index in [1.165, 1.54) is 0 Å². The van der Waals surface area contributed by atoms with Crippen LogP contribution in [0.5, 0.6) is 0 Å². The summed E-state index contributed by atoms with van der Waals surface area (Å²) in [6.45, 7) is 7.01. The fraction of sp³-hybridized carbons (Fsp3) is 0.500. The van der Waals surface area contributed by atoms with E-state index < -0.39 is 11.5 Å². The van der Waals surface area contributed by atoms with Crippen molar-refractivity contribution < 1.29 is 14.4 Å². The predicted octanol–water partition coefficient (Wildman–Crippen LogP) is 2.07. The third kappa shape index (κ3) is 5.08. The largest absolute Gasteiger partial charge is 0.349 e. The van der Waals surface area contributed by atoms with Crippen LogP contribution in [0.15, 0.2) is 24.3 Å². The molecule has 130 valence electrons. The Morgan fingerprint density at radius 3 is 2.17 bits per heavy atom. The number of rotatable bonds is 5. The molecule has 1 aromatic rings. The first kappa shape index (κ1) is 18.0. The van der Waals surface area contributed by atoms with Gasteiger partial charge in [0.15, 0.2) is 0 Å². The van der Waals surface area contributed by atoms with E-state index in [9.17, 15) is 14.4 Å². The second kappa shape index (κ2) is 7.03. The summed E-state index contributed by atoms with van der Waals surface area (Å²) in [5.41, 5.74) is 0.597. The highest BCUT2D eigenvalue weighted by Crippen LogP contribution is 2.19. The van der Waals surface area contributed by atoms with E-state index in [0.29, 0.717) is 17.3 Å². The van der Waals surface area contributed by atoms with Gasteiger partial charge in [-0.1, -0.05) is 20.8 Å².